The van der Waals surface area contributed by atoms with Gasteiger partial charge in [0.1, 0.15) is 0 Å². The fourth-order valence-corrected chi connectivity index (χ4v) is 2.77. The Morgan fingerprint density at radius 3 is 2.53 bits per heavy atom. The van der Waals surface area contributed by atoms with Gasteiger partial charge in [-0.05, 0) is 42.7 Å². The molecule has 1 N–H and O–H groups in total. The van der Waals surface area contributed by atoms with Crippen LogP contribution < -0.4 is 5.32 Å². The van der Waals surface area contributed by atoms with Gasteiger partial charge in [-0.3, -0.25) is 4.79 Å². The minimum atomic E-state index is -0.510. The third-order valence-electron chi connectivity index (χ3n) is 3.74. The Balaban J connectivity index is 1.99. The van der Waals surface area contributed by atoms with E-state index in [1.807, 2.05) is 55.5 Å². The van der Waals surface area contributed by atoms with Crippen LogP contribution in [0.5, 0.6) is 0 Å². The van der Waals surface area contributed by atoms with E-state index in [1.54, 1.807) is 0 Å². The lowest BCUT2D eigenvalue weighted by molar-refractivity contribution is -0.120. The normalized spacial score (nSPS) is 21.1. The first-order chi connectivity index (χ1) is 9.09. The van der Waals surface area contributed by atoms with Gasteiger partial charge in [-0.1, -0.05) is 41.9 Å². The number of fused-ring (bicyclic) bond motifs is 1. The number of carbonyl (C=O) groups excluding carboxylic acids is 1. The summed E-state index contributed by atoms with van der Waals surface area (Å²) in [5, 5.41) is 3.67. The van der Waals surface area contributed by atoms with Gasteiger partial charge < -0.3 is 5.32 Å². The quantitative estimate of drug-likeness (QED) is 0.885. The molecule has 1 aliphatic rings. The highest BCUT2D eigenvalue weighted by molar-refractivity contribution is 6.30. The Morgan fingerprint density at radius 1 is 1.11 bits per heavy atom. The molecule has 0 aliphatic carbocycles. The Labute approximate surface area is 117 Å². The van der Waals surface area contributed by atoms with Gasteiger partial charge in [0, 0.05) is 10.7 Å². The summed E-state index contributed by atoms with van der Waals surface area (Å²) in [6, 6.07) is 15.5. The number of benzene rings is 2. The topological polar surface area (TPSA) is 29.1 Å². The molecule has 3 rings (SSSR count). The van der Waals surface area contributed by atoms with Crippen molar-refractivity contribution in [1.29, 1.82) is 0 Å². The SMILES string of the molecule is CC1(Cc2ccc(Cl)cc2)C(=O)Nc2ccccc21. The lowest BCUT2D eigenvalue weighted by atomic mass is 9.78. The highest BCUT2D eigenvalue weighted by atomic mass is 35.5. The predicted molar refractivity (Wildman–Crippen MR) is 77.6 cm³/mol. The van der Waals surface area contributed by atoms with E-state index in [0.29, 0.717) is 11.4 Å². The van der Waals surface area contributed by atoms with Crippen molar-refractivity contribution in [2.45, 2.75) is 18.8 Å². The second-order valence-corrected chi connectivity index (χ2v) is 5.57. The zero-order valence-corrected chi connectivity index (χ0v) is 11.4. The Morgan fingerprint density at radius 2 is 1.79 bits per heavy atom. The first-order valence-electron chi connectivity index (χ1n) is 6.25. The molecule has 1 atom stereocenters. The van der Waals surface area contributed by atoms with E-state index < -0.39 is 5.41 Å². The number of para-hydroxylation sites is 1. The van der Waals surface area contributed by atoms with Crippen LogP contribution in [0, 0.1) is 0 Å². The molecule has 2 nitrogen and oxygen atoms in total. The maximum absolute atomic E-state index is 12.3. The molecule has 1 amide bonds. The minimum absolute atomic E-state index is 0.0589. The summed E-state index contributed by atoms with van der Waals surface area (Å²) < 4.78 is 0. The number of anilines is 1. The fourth-order valence-electron chi connectivity index (χ4n) is 2.64. The molecule has 2 aromatic rings. The average molecular weight is 272 g/mol. The Kier molecular flexibility index (Phi) is 2.83. The number of amides is 1. The van der Waals surface area contributed by atoms with Gasteiger partial charge in [0.05, 0.1) is 5.41 Å². The molecule has 0 fully saturated rings. The van der Waals surface area contributed by atoms with E-state index in [2.05, 4.69) is 5.32 Å². The molecule has 19 heavy (non-hydrogen) atoms. The number of halogens is 1. The summed E-state index contributed by atoms with van der Waals surface area (Å²) in [7, 11) is 0. The highest BCUT2D eigenvalue weighted by Gasteiger charge is 2.42. The van der Waals surface area contributed by atoms with Gasteiger partial charge in [-0.15, -0.1) is 0 Å². The number of hydrogen-bond donors (Lipinski definition) is 1. The monoisotopic (exact) mass is 271 g/mol. The van der Waals surface area contributed by atoms with Crippen LogP contribution in [0.3, 0.4) is 0 Å². The van der Waals surface area contributed by atoms with Crippen molar-refractivity contribution in [3.8, 4) is 0 Å². The Bertz CT molecular complexity index is 635. The van der Waals surface area contributed by atoms with Gasteiger partial charge in [0.15, 0.2) is 0 Å². The highest BCUT2D eigenvalue weighted by Crippen LogP contribution is 2.39. The second kappa shape index (κ2) is 4.39. The van der Waals surface area contributed by atoms with E-state index in [4.69, 9.17) is 11.6 Å². The summed E-state index contributed by atoms with van der Waals surface area (Å²) in [4.78, 5) is 12.3. The predicted octanol–water partition coefficient (Wildman–Crippen LogP) is 3.79. The van der Waals surface area contributed by atoms with Crippen LogP contribution in [0.25, 0.3) is 0 Å². The number of nitrogens with one attached hydrogen (secondary N) is 1. The zero-order valence-electron chi connectivity index (χ0n) is 10.6. The number of rotatable bonds is 2. The van der Waals surface area contributed by atoms with Crippen LogP contribution in [0.15, 0.2) is 48.5 Å². The third-order valence-corrected chi connectivity index (χ3v) is 3.99. The molecular formula is C16H14ClNO. The lowest BCUT2D eigenvalue weighted by Gasteiger charge is -2.22. The van der Waals surface area contributed by atoms with Crippen molar-refractivity contribution in [1.82, 2.24) is 0 Å². The maximum Gasteiger partial charge on any atom is 0.235 e. The molecule has 1 aliphatic heterocycles. The molecule has 0 spiro atoms. The molecule has 3 heteroatoms. The molecule has 0 radical (unpaired) electrons. The standard InChI is InChI=1S/C16H14ClNO/c1-16(10-11-6-8-12(17)9-7-11)13-4-2-3-5-14(13)18-15(16)19/h2-9H,10H2,1H3,(H,18,19). The van der Waals surface area contributed by atoms with E-state index in [1.165, 1.54) is 0 Å². The molecule has 96 valence electrons. The molecule has 2 aromatic carbocycles. The minimum Gasteiger partial charge on any atom is -0.325 e. The van der Waals surface area contributed by atoms with Crippen LogP contribution in [0.2, 0.25) is 5.02 Å². The van der Waals surface area contributed by atoms with Crippen LogP contribution >= 0.6 is 11.6 Å². The van der Waals surface area contributed by atoms with Crippen LogP contribution in [0.4, 0.5) is 5.69 Å². The zero-order chi connectivity index (χ0) is 13.5. The number of hydrogen-bond acceptors (Lipinski definition) is 1. The van der Waals surface area contributed by atoms with Gasteiger partial charge in [-0.25, -0.2) is 0 Å². The van der Waals surface area contributed by atoms with Crippen molar-refractivity contribution in [2.24, 2.45) is 0 Å². The Hall–Kier alpha value is -1.80. The summed E-state index contributed by atoms with van der Waals surface area (Å²) in [6.07, 6.45) is 0.674. The fraction of sp³-hybridized carbons (Fsp3) is 0.188. The lowest BCUT2D eigenvalue weighted by Crippen LogP contribution is -2.33. The molecule has 0 aromatic heterocycles. The molecule has 0 saturated carbocycles. The molecule has 1 unspecified atom stereocenters. The summed E-state index contributed by atoms with van der Waals surface area (Å²) in [6.45, 7) is 1.99. The van der Waals surface area contributed by atoms with Crippen molar-refractivity contribution >= 4 is 23.2 Å². The van der Waals surface area contributed by atoms with Crippen molar-refractivity contribution in [2.75, 3.05) is 5.32 Å². The largest absolute Gasteiger partial charge is 0.325 e. The van der Waals surface area contributed by atoms with Crippen LogP contribution in [-0.4, -0.2) is 5.91 Å². The van der Waals surface area contributed by atoms with E-state index in [-0.39, 0.29) is 5.91 Å². The van der Waals surface area contributed by atoms with Gasteiger partial charge in [0.25, 0.3) is 0 Å². The summed E-state index contributed by atoms with van der Waals surface area (Å²) >= 11 is 5.89. The average Bonchev–Trinajstić information content (AvgIpc) is 2.65. The van der Waals surface area contributed by atoms with Crippen molar-refractivity contribution < 1.29 is 4.79 Å². The smallest absolute Gasteiger partial charge is 0.235 e. The second-order valence-electron chi connectivity index (χ2n) is 5.14. The molecule has 0 bridgehead atoms. The van der Waals surface area contributed by atoms with Gasteiger partial charge >= 0.3 is 0 Å². The van der Waals surface area contributed by atoms with Crippen LogP contribution in [-0.2, 0) is 16.6 Å². The van der Waals surface area contributed by atoms with E-state index >= 15 is 0 Å². The van der Waals surface area contributed by atoms with Crippen LogP contribution in [0.1, 0.15) is 18.1 Å². The molecule has 0 saturated heterocycles. The van der Waals surface area contributed by atoms with Crippen molar-refractivity contribution in [3.63, 3.8) is 0 Å². The number of carbonyl (C=O) groups is 1. The van der Waals surface area contributed by atoms with E-state index in [0.717, 1.165) is 16.8 Å². The van der Waals surface area contributed by atoms with Gasteiger partial charge in [0.2, 0.25) is 5.91 Å². The first-order valence-corrected chi connectivity index (χ1v) is 6.63. The van der Waals surface area contributed by atoms with Crippen molar-refractivity contribution in [3.05, 3.63) is 64.7 Å². The molecular weight excluding hydrogens is 258 g/mol. The van der Waals surface area contributed by atoms with Gasteiger partial charge in [-0.2, -0.15) is 0 Å². The third kappa shape index (κ3) is 2.02. The molecule has 1 heterocycles. The first kappa shape index (κ1) is 12.2. The van der Waals surface area contributed by atoms with E-state index in [9.17, 15) is 4.79 Å². The summed E-state index contributed by atoms with van der Waals surface area (Å²) in [5.74, 6) is 0.0589. The maximum atomic E-state index is 12.3. The summed E-state index contributed by atoms with van der Waals surface area (Å²) in [5.41, 5.74) is 2.59.